The molecule has 1 rings (SSSR count). The van der Waals surface area contributed by atoms with Crippen molar-refractivity contribution in [1.29, 1.82) is 5.26 Å². The second kappa shape index (κ2) is 6.15. The van der Waals surface area contributed by atoms with Crippen LogP contribution in [0.4, 0.5) is 0 Å². The van der Waals surface area contributed by atoms with Crippen LogP contribution in [-0.4, -0.2) is 20.3 Å². The van der Waals surface area contributed by atoms with Gasteiger partial charge in [-0.05, 0) is 20.8 Å². The normalized spacial score (nSPS) is 10.1. The summed E-state index contributed by atoms with van der Waals surface area (Å²) in [4.78, 5) is 0. The maximum absolute atomic E-state index is 8.92. The van der Waals surface area contributed by atoms with Gasteiger partial charge in [0.2, 0.25) is 0 Å². The van der Waals surface area contributed by atoms with E-state index in [0.717, 1.165) is 11.1 Å². The number of rotatable bonds is 5. The highest BCUT2D eigenvalue weighted by Gasteiger charge is 2.18. The molecule has 1 aromatic rings. The van der Waals surface area contributed by atoms with Crippen molar-refractivity contribution in [3.05, 3.63) is 17.2 Å². The van der Waals surface area contributed by atoms with Crippen LogP contribution >= 0.6 is 0 Å². The second-order valence-electron chi connectivity index (χ2n) is 4.22. The number of hydrogen-bond acceptors (Lipinski definition) is 4. The van der Waals surface area contributed by atoms with Crippen LogP contribution in [0.15, 0.2) is 6.07 Å². The second-order valence-corrected chi connectivity index (χ2v) is 4.22. The van der Waals surface area contributed by atoms with E-state index in [-0.39, 0.29) is 12.5 Å². The number of benzene rings is 1. The van der Waals surface area contributed by atoms with E-state index in [0.29, 0.717) is 17.2 Å². The minimum atomic E-state index is 0.0274. The monoisotopic (exact) mass is 249 g/mol. The SMILES string of the molecule is COc1cc(OC(C)C)c(CC#N)c(OC)c1C. The van der Waals surface area contributed by atoms with Crippen LogP contribution in [0, 0.1) is 18.3 Å². The standard InChI is InChI=1S/C14H19NO3/c1-9(2)18-13-8-12(16-4)10(3)14(17-5)11(13)6-7-15/h8-9H,6H2,1-5H3. The average molecular weight is 249 g/mol. The lowest BCUT2D eigenvalue weighted by atomic mass is 10.0. The van der Waals surface area contributed by atoms with Gasteiger partial charge in [0.1, 0.15) is 17.2 Å². The number of nitriles is 1. The summed E-state index contributed by atoms with van der Waals surface area (Å²) >= 11 is 0. The molecule has 0 amide bonds. The maximum atomic E-state index is 8.92. The Morgan fingerprint density at radius 2 is 1.89 bits per heavy atom. The van der Waals surface area contributed by atoms with Gasteiger partial charge in [0.25, 0.3) is 0 Å². The first-order valence-corrected chi connectivity index (χ1v) is 5.83. The summed E-state index contributed by atoms with van der Waals surface area (Å²) in [6, 6.07) is 3.95. The molecule has 0 aromatic heterocycles. The quantitative estimate of drug-likeness (QED) is 0.805. The minimum Gasteiger partial charge on any atom is -0.496 e. The third-order valence-electron chi connectivity index (χ3n) is 2.59. The molecular formula is C14H19NO3. The lowest BCUT2D eigenvalue weighted by Crippen LogP contribution is -2.09. The molecule has 0 spiro atoms. The number of hydrogen-bond donors (Lipinski definition) is 0. The summed E-state index contributed by atoms with van der Waals surface area (Å²) in [6.07, 6.45) is 0.273. The Labute approximate surface area is 108 Å². The molecule has 0 saturated heterocycles. The molecule has 0 saturated carbocycles. The lowest BCUT2D eigenvalue weighted by Gasteiger charge is -2.19. The van der Waals surface area contributed by atoms with Gasteiger partial charge in [-0.15, -0.1) is 0 Å². The summed E-state index contributed by atoms with van der Waals surface area (Å²) < 4.78 is 16.4. The molecule has 0 atom stereocenters. The summed E-state index contributed by atoms with van der Waals surface area (Å²) in [6.45, 7) is 5.78. The number of ether oxygens (including phenoxy) is 3. The highest BCUT2D eigenvalue weighted by atomic mass is 16.5. The Morgan fingerprint density at radius 3 is 2.33 bits per heavy atom. The molecule has 0 unspecified atom stereocenters. The molecule has 0 bridgehead atoms. The van der Waals surface area contributed by atoms with Gasteiger partial charge in [-0.1, -0.05) is 0 Å². The fourth-order valence-corrected chi connectivity index (χ4v) is 1.86. The predicted molar refractivity (Wildman–Crippen MR) is 69.4 cm³/mol. The fourth-order valence-electron chi connectivity index (χ4n) is 1.86. The van der Waals surface area contributed by atoms with Crippen molar-refractivity contribution in [3.63, 3.8) is 0 Å². The molecule has 1 aromatic carbocycles. The summed E-state index contributed by atoms with van der Waals surface area (Å²) in [5.41, 5.74) is 1.65. The van der Waals surface area contributed by atoms with Crippen molar-refractivity contribution in [1.82, 2.24) is 0 Å². The predicted octanol–water partition coefficient (Wildman–Crippen LogP) is 2.87. The van der Waals surface area contributed by atoms with Crippen LogP contribution in [0.2, 0.25) is 0 Å². The van der Waals surface area contributed by atoms with Crippen molar-refractivity contribution in [2.75, 3.05) is 14.2 Å². The number of nitrogens with zero attached hydrogens (tertiary/aromatic N) is 1. The molecule has 0 aliphatic carbocycles. The third-order valence-corrected chi connectivity index (χ3v) is 2.59. The molecule has 0 aliphatic rings. The Morgan fingerprint density at radius 1 is 1.22 bits per heavy atom. The van der Waals surface area contributed by atoms with Gasteiger partial charge in [-0.25, -0.2) is 0 Å². The molecule has 4 heteroatoms. The van der Waals surface area contributed by atoms with Crippen LogP contribution in [0.25, 0.3) is 0 Å². The highest BCUT2D eigenvalue weighted by molar-refractivity contribution is 5.57. The van der Waals surface area contributed by atoms with Crippen molar-refractivity contribution in [3.8, 4) is 23.3 Å². The molecule has 0 aliphatic heterocycles. The molecule has 4 nitrogen and oxygen atoms in total. The van der Waals surface area contributed by atoms with Crippen molar-refractivity contribution >= 4 is 0 Å². The first kappa shape index (κ1) is 14.2. The van der Waals surface area contributed by atoms with Crippen LogP contribution in [0.5, 0.6) is 17.2 Å². The van der Waals surface area contributed by atoms with Crippen molar-refractivity contribution in [2.24, 2.45) is 0 Å². The smallest absolute Gasteiger partial charge is 0.133 e. The summed E-state index contributed by atoms with van der Waals surface area (Å²) in [5, 5.41) is 8.92. The highest BCUT2D eigenvalue weighted by Crippen LogP contribution is 2.39. The van der Waals surface area contributed by atoms with E-state index in [1.165, 1.54) is 0 Å². The zero-order valence-electron chi connectivity index (χ0n) is 11.5. The fraction of sp³-hybridized carbons (Fsp3) is 0.500. The van der Waals surface area contributed by atoms with E-state index in [1.54, 1.807) is 14.2 Å². The van der Waals surface area contributed by atoms with Gasteiger partial charge < -0.3 is 14.2 Å². The van der Waals surface area contributed by atoms with Crippen molar-refractivity contribution in [2.45, 2.75) is 33.3 Å². The molecule has 0 N–H and O–H groups in total. The van der Waals surface area contributed by atoms with E-state index in [1.807, 2.05) is 26.8 Å². The lowest BCUT2D eigenvalue weighted by molar-refractivity contribution is 0.237. The number of methoxy groups -OCH3 is 2. The van der Waals surface area contributed by atoms with E-state index in [4.69, 9.17) is 19.5 Å². The minimum absolute atomic E-state index is 0.0274. The first-order valence-electron chi connectivity index (χ1n) is 5.83. The molecular weight excluding hydrogens is 230 g/mol. The molecule has 0 radical (unpaired) electrons. The molecule has 0 heterocycles. The van der Waals surface area contributed by atoms with Gasteiger partial charge in [0.05, 0.1) is 38.4 Å². The Kier molecular flexibility index (Phi) is 4.85. The van der Waals surface area contributed by atoms with E-state index >= 15 is 0 Å². The van der Waals surface area contributed by atoms with Gasteiger partial charge >= 0.3 is 0 Å². The van der Waals surface area contributed by atoms with Crippen LogP contribution in [0.3, 0.4) is 0 Å². The average Bonchev–Trinajstić information content (AvgIpc) is 2.32. The van der Waals surface area contributed by atoms with Gasteiger partial charge in [-0.3, -0.25) is 0 Å². The topological polar surface area (TPSA) is 51.5 Å². The van der Waals surface area contributed by atoms with Crippen LogP contribution in [-0.2, 0) is 6.42 Å². The third kappa shape index (κ3) is 2.86. The van der Waals surface area contributed by atoms with E-state index in [9.17, 15) is 0 Å². The Hall–Kier alpha value is -1.89. The van der Waals surface area contributed by atoms with Crippen molar-refractivity contribution < 1.29 is 14.2 Å². The van der Waals surface area contributed by atoms with Gasteiger partial charge in [0.15, 0.2) is 0 Å². The zero-order chi connectivity index (χ0) is 13.7. The van der Waals surface area contributed by atoms with Gasteiger partial charge in [0, 0.05) is 11.6 Å². The van der Waals surface area contributed by atoms with Crippen LogP contribution in [0.1, 0.15) is 25.0 Å². The first-order chi connectivity index (χ1) is 8.54. The Balaban J connectivity index is 3.42. The van der Waals surface area contributed by atoms with E-state index < -0.39 is 0 Å². The molecule has 18 heavy (non-hydrogen) atoms. The zero-order valence-corrected chi connectivity index (χ0v) is 11.5. The Bertz CT molecular complexity index is 461. The van der Waals surface area contributed by atoms with Crippen LogP contribution < -0.4 is 14.2 Å². The van der Waals surface area contributed by atoms with E-state index in [2.05, 4.69) is 6.07 Å². The maximum Gasteiger partial charge on any atom is 0.133 e. The molecule has 0 fully saturated rings. The molecule has 98 valence electrons. The summed E-state index contributed by atoms with van der Waals surface area (Å²) in [5.74, 6) is 2.00. The summed E-state index contributed by atoms with van der Waals surface area (Å²) in [7, 11) is 3.19. The van der Waals surface area contributed by atoms with Gasteiger partial charge in [-0.2, -0.15) is 5.26 Å². The largest absolute Gasteiger partial charge is 0.496 e.